The zero-order chi connectivity index (χ0) is 15.8. The average molecular weight is 316 g/mol. The SMILES string of the molecule is Cc1nnc2c(N3CCN(C(=O)C4CCOC4)CC3)nccn12. The van der Waals surface area contributed by atoms with Gasteiger partial charge in [-0.2, -0.15) is 0 Å². The number of hydrogen-bond donors (Lipinski definition) is 0. The van der Waals surface area contributed by atoms with Crippen molar-refractivity contribution in [2.45, 2.75) is 13.3 Å². The van der Waals surface area contributed by atoms with Crippen molar-refractivity contribution in [3.05, 3.63) is 18.2 Å². The smallest absolute Gasteiger partial charge is 0.228 e. The maximum Gasteiger partial charge on any atom is 0.228 e. The molecule has 0 radical (unpaired) electrons. The van der Waals surface area contributed by atoms with Gasteiger partial charge in [0.15, 0.2) is 5.82 Å². The average Bonchev–Trinajstić information content (AvgIpc) is 3.25. The van der Waals surface area contributed by atoms with Crippen LogP contribution in [0.15, 0.2) is 12.4 Å². The van der Waals surface area contributed by atoms with E-state index in [1.807, 2.05) is 22.4 Å². The third-order valence-electron chi connectivity index (χ3n) is 4.65. The van der Waals surface area contributed by atoms with Gasteiger partial charge >= 0.3 is 0 Å². The maximum absolute atomic E-state index is 12.4. The predicted octanol–water partition coefficient (Wildman–Crippen LogP) is 0.118. The molecule has 4 heterocycles. The number of anilines is 1. The van der Waals surface area contributed by atoms with Crippen molar-refractivity contribution in [1.82, 2.24) is 24.5 Å². The van der Waals surface area contributed by atoms with Crippen molar-refractivity contribution in [3.8, 4) is 0 Å². The summed E-state index contributed by atoms with van der Waals surface area (Å²) >= 11 is 0. The monoisotopic (exact) mass is 316 g/mol. The first-order valence-corrected chi connectivity index (χ1v) is 8.02. The van der Waals surface area contributed by atoms with Crippen LogP contribution < -0.4 is 4.90 Å². The zero-order valence-electron chi connectivity index (χ0n) is 13.2. The van der Waals surface area contributed by atoms with Gasteiger partial charge in [0, 0.05) is 45.2 Å². The Morgan fingerprint density at radius 3 is 2.83 bits per heavy atom. The molecule has 1 atom stereocenters. The van der Waals surface area contributed by atoms with E-state index in [0.717, 1.165) is 36.8 Å². The third kappa shape index (κ3) is 2.52. The minimum absolute atomic E-state index is 0.0438. The zero-order valence-corrected chi connectivity index (χ0v) is 13.2. The Morgan fingerprint density at radius 2 is 2.09 bits per heavy atom. The van der Waals surface area contributed by atoms with Gasteiger partial charge in [0.25, 0.3) is 0 Å². The topological polar surface area (TPSA) is 75.9 Å². The minimum atomic E-state index is 0.0438. The van der Waals surface area contributed by atoms with Crippen LogP contribution >= 0.6 is 0 Å². The van der Waals surface area contributed by atoms with Gasteiger partial charge in [-0.15, -0.1) is 10.2 Å². The van der Waals surface area contributed by atoms with Crippen LogP contribution in [0, 0.1) is 12.8 Å². The minimum Gasteiger partial charge on any atom is -0.381 e. The molecular weight excluding hydrogens is 296 g/mol. The second-order valence-electron chi connectivity index (χ2n) is 6.06. The van der Waals surface area contributed by atoms with E-state index in [2.05, 4.69) is 20.1 Å². The molecule has 2 aromatic heterocycles. The molecule has 1 unspecified atom stereocenters. The van der Waals surface area contributed by atoms with E-state index in [-0.39, 0.29) is 11.8 Å². The maximum atomic E-state index is 12.4. The van der Waals surface area contributed by atoms with Crippen LogP contribution in [-0.2, 0) is 9.53 Å². The summed E-state index contributed by atoms with van der Waals surface area (Å²) in [5.74, 6) is 1.96. The number of rotatable bonds is 2. The van der Waals surface area contributed by atoms with E-state index in [9.17, 15) is 4.79 Å². The molecule has 122 valence electrons. The van der Waals surface area contributed by atoms with Crippen molar-refractivity contribution in [2.24, 2.45) is 5.92 Å². The fourth-order valence-corrected chi connectivity index (χ4v) is 3.28. The quantitative estimate of drug-likeness (QED) is 0.783. The molecule has 0 saturated carbocycles. The Balaban J connectivity index is 1.47. The van der Waals surface area contributed by atoms with E-state index in [1.54, 1.807) is 6.20 Å². The number of ether oxygens (including phenoxy) is 1. The summed E-state index contributed by atoms with van der Waals surface area (Å²) in [5.41, 5.74) is 0.772. The lowest BCUT2D eigenvalue weighted by molar-refractivity contribution is -0.135. The van der Waals surface area contributed by atoms with E-state index >= 15 is 0 Å². The summed E-state index contributed by atoms with van der Waals surface area (Å²) in [4.78, 5) is 21.0. The Labute approximate surface area is 134 Å². The summed E-state index contributed by atoms with van der Waals surface area (Å²) in [6.45, 7) is 6.14. The Kier molecular flexibility index (Phi) is 3.60. The summed E-state index contributed by atoms with van der Waals surface area (Å²) in [7, 11) is 0. The Bertz CT molecular complexity index is 716. The van der Waals surface area contributed by atoms with E-state index in [0.29, 0.717) is 26.3 Å². The largest absolute Gasteiger partial charge is 0.381 e. The van der Waals surface area contributed by atoms with Crippen LogP contribution in [-0.4, -0.2) is 69.8 Å². The molecule has 23 heavy (non-hydrogen) atoms. The predicted molar refractivity (Wildman–Crippen MR) is 83.2 cm³/mol. The number of hydrogen-bond acceptors (Lipinski definition) is 6. The number of aromatic nitrogens is 4. The van der Waals surface area contributed by atoms with Crippen LogP contribution in [0.25, 0.3) is 5.65 Å². The molecule has 0 N–H and O–H groups in total. The fraction of sp³-hybridized carbons (Fsp3) is 0.600. The third-order valence-corrected chi connectivity index (χ3v) is 4.65. The lowest BCUT2D eigenvalue weighted by Gasteiger charge is -2.36. The van der Waals surface area contributed by atoms with Crippen LogP contribution in [0.5, 0.6) is 0 Å². The van der Waals surface area contributed by atoms with Crippen molar-refractivity contribution in [1.29, 1.82) is 0 Å². The highest BCUT2D eigenvalue weighted by Crippen LogP contribution is 2.21. The number of amides is 1. The first-order chi connectivity index (χ1) is 11.2. The normalized spacial score (nSPS) is 22.0. The Hall–Kier alpha value is -2.22. The van der Waals surface area contributed by atoms with Gasteiger partial charge in [-0.25, -0.2) is 4.98 Å². The summed E-state index contributed by atoms with van der Waals surface area (Å²) < 4.78 is 7.26. The number of fused-ring (bicyclic) bond motifs is 1. The molecule has 8 heteroatoms. The van der Waals surface area contributed by atoms with Gasteiger partial charge in [0.1, 0.15) is 5.82 Å². The van der Waals surface area contributed by atoms with E-state index < -0.39 is 0 Å². The molecule has 2 fully saturated rings. The van der Waals surface area contributed by atoms with Crippen LogP contribution in [0.4, 0.5) is 5.82 Å². The highest BCUT2D eigenvalue weighted by molar-refractivity contribution is 5.79. The molecule has 0 spiro atoms. The molecule has 4 rings (SSSR count). The number of piperazine rings is 1. The second-order valence-corrected chi connectivity index (χ2v) is 6.06. The number of carbonyl (C=O) groups is 1. The van der Waals surface area contributed by atoms with Crippen LogP contribution in [0.2, 0.25) is 0 Å². The fourth-order valence-electron chi connectivity index (χ4n) is 3.28. The van der Waals surface area contributed by atoms with Gasteiger partial charge < -0.3 is 14.5 Å². The van der Waals surface area contributed by atoms with Crippen molar-refractivity contribution >= 4 is 17.4 Å². The molecule has 2 aromatic rings. The highest BCUT2D eigenvalue weighted by Gasteiger charge is 2.30. The van der Waals surface area contributed by atoms with Crippen LogP contribution in [0.1, 0.15) is 12.2 Å². The van der Waals surface area contributed by atoms with E-state index in [4.69, 9.17) is 4.74 Å². The lowest BCUT2D eigenvalue weighted by Crippen LogP contribution is -2.50. The molecular formula is C15H20N6O2. The van der Waals surface area contributed by atoms with Gasteiger partial charge in [-0.3, -0.25) is 9.20 Å². The number of aryl methyl sites for hydroxylation is 1. The summed E-state index contributed by atoms with van der Waals surface area (Å²) in [6, 6.07) is 0. The van der Waals surface area contributed by atoms with Gasteiger partial charge in [-0.05, 0) is 13.3 Å². The first kappa shape index (κ1) is 14.4. The van der Waals surface area contributed by atoms with Gasteiger partial charge in [-0.1, -0.05) is 0 Å². The standard InChI is InChI=1S/C15H20N6O2/c1-11-17-18-14-13(16-3-4-21(11)14)19-5-7-20(8-6-19)15(22)12-2-9-23-10-12/h3-4,12H,2,5-10H2,1H3. The van der Waals surface area contributed by atoms with Crippen LogP contribution in [0.3, 0.4) is 0 Å². The van der Waals surface area contributed by atoms with E-state index in [1.165, 1.54) is 0 Å². The number of nitrogens with zero attached hydrogens (tertiary/aromatic N) is 6. The van der Waals surface area contributed by atoms with Crippen molar-refractivity contribution in [3.63, 3.8) is 0 Å². The van der Waals surface area contributed by atoms with Crippen molar-refractivity contribution < 1.29 is 9.53 Å². The highest BCUT2D eigenvalue weighted by atomic mass is 16.5. The molecule has 1 amide bonds. The molecule has 0 aliphatic carbocycles. The molecule has 0 bridgehead atoms. The summed E-state index contributed by atoms with van der Waals surface area (Å²) in [6.07, 6.45) is 4.49. The summed E-state index contributed by atoms with van der Waals surface area (Å²) in [5, 5.41) is 8.34. The van der Waals surface area contributed by atoms with Gasteiger partial charge in [0.2, 0.25) is 11.6 Å². The first-order valence-electron chi connectivity index (χ1n) is 8.02. The second kappa shape index (κ2) is 5.77. The molecule has 2 aliphatic heterocycles. The Morgan fingerprint density at radius 1 is 1.26 bits per heavy atom. The van der Waals surface area contributed by atoms with Crippen molar-refractivity contribution in [2.75, 3.05) is 44.3 Å². The molecule has 2 aliphatic rings. The molecule has 0 aromatic carbocycles. The van der Waals surface area contributed by atoms with Gasteiger partial charge in [0.05, 0.1) is 12.5 Å². The molecule has 2 saturated heterocycles. The number of carbonyl (C=O) groups excluding carboxylic acids is 1. The molecule has 8 nitrogen and oxygen atoms in total. The lowest BCUT2D eigenvalue weighted by atomic mass is 10.1.